The standard InChI is InChI=1S/C12H22N4O2S/c1-9(2)11-14-15-12(16(11)3)19-8-10(17)13-6-5-7-18-4/h9H,5-8H2,1-4H3,(H,13,17). The minimum Gasteiger partial charge on any atom is -0.385 e. The first-order valence-corrected chi connectivity index (χ1v) is 7.32. The third-order valence-electron chi connectivity index (χ3n) is 2.56. The van der Waals surface area contributed by atoms with Crippen LogP contribution in [0, 0.1) is 0 Å². The second kappa shape index (κ2) is 8.16. The molecule has 1 amide bonds. The van der Waals surface area contributed by atoms with Crippen LogP contribution in [0.3, 0.4) is 0 Å². The molecule has 0 aliphatic carbocycles. The third-order valence-corrected chi connectivity index (χ3v) is 3.58. The van der Waals surface area contributed by atoms with Crippen LogP contribution in [0.1, 0.15) is 32.0 Å². The molecule has 1 aromatic rings. The Morgan fingerprint density at radius 2 is 2.21 bits per heavy atom. The topological polar surface area (TPSA) is 69.0 Å². The molecule has 0 aromatic carbocycles. The van der Waals surface area contributed by atoms with Gasteiger partial charge in [-0.3, -0.25) is 4.79 Å². The fourth-order valence-electron chi connectivity index (χ4n) is 1.58. The molecule has 0 saturated carbocycles. The molecular weight excluding hydrogens is 264 g/mol. The van der Waals surface area contributed by atoms with E-state index in [0.717, 1.165) is 17.4 Å². The maximum Gasteiger partial charge on any atom is 0.230 e. The molecule has 1 rings (SSSR count). The number of aromatic nitrogens is 3. The lowest BCUT2D eigenvalue weighted by atomic mass is 10.2. The molecule has 0 aliphatic heterocycles. The number of nitrogens with one attached hydrogen (secondary N) is 1. The normalized spacial score (nSPS) is 11.0. The summed E-state index contributed by atoms with van der Waals surface area (Å²) in [6.07, 6.45) is 0.828. The van der Waals surface area contributed by atoms with Crippen LogP contribution >= 0.6 is 11.8 Å². The van der Waals surface area contributed by atoms with Gasteiger partial charge in [-0.15, -0.1) is 10.2 Å². The molecule has 7 heteroatoms. The summed E-state index contributed by atoms with van der Waals surface area (Å²) >= 11 is 1.40. The van der Waals surface area contributed by atoms with Gasteiger partial charge in [0.15, 0.2) is 5.16 Å². The van der Waals surface area contributed by atoms with Crippen LogP contribution in [-0.2, 0) is 16.6 Å². The van der Waals surface area contributed by atoms with E-state index < -0.39 is 0 Å². The van der Waals surface area contributed by atoms with Crippen molar-refractivity contribution < 1.29 is 9.53 Å². The van der Waals surface area contributed by atoms with Crippen LogP contribution < -0.4 is 5.32 Å². The van der Waals surface area contributed by atoms with Crippen LogP contribution in [0.5, 0.6) is 0 Å². The molecule has 0 spiro atoms. The van der Waals surface area contributed by atoms with Gasteiger partial charge in [0.1, 0.15) is 5.82 Å². The Kier molecular flexibility index (Phi) is 6.86. The smallest absolute Gasteiger partial charge is 0.230 e. The van der Waals surface area contributed by atoms with Gasteiger partial charge in [0.25, 0.3) is 0 Å². The zero-order valence-electron chi connectivity index (χ0n) is 12.0. The number of carbonyl (C=O) groups is 1. The van der Waals surface area contributed by atoms with E-state index in [0.29, 0.717) is 24.8 Å². The summed E-state index contributed by atoms with van der Waals surface area (Å²) in [6.45, 7) is 5.44. The molecule has 1 heterocycles. The highest BCUT2D eigenvalue weighted by molar-refractivity contribution is 7.99. The predicted octanol–water partition coefficient (Wildman–Crippen LogP) is 1.18. The molecule has 19 heavy (non-hydrogen) atoms. The number of thioether (sulfide) groups is 1. The molecule has 0 aliphatic rings. The zero-order chi connectivity index (χ0) is 14.3. The maximum absolute atomic E-state index is 11.6. The highest BCUT2D eigenvalue weighted by atomic mass is 32.2. The van der Waals surface area contributed by atoms with Crippen LogP contribution in [0.25, 0.3) is 0 Å². The number of ether oxygens (including phenoxy) is 1. The van der Waals surface area contributed by atoms with E-state index in [-0.39, 0.29) is 5.91 Å². The summed E-state index contributed by atoms with van der Waals surface area (Å²) in [4.78, 5) is 11.6. The van der Waals surface area contributed by atoms with E-state index in [1.807, 2.05) is 11.6 Å². The van der Waals surface area contributed by atoms with Gasteiger partial charge in [0, 0.05) is 33.2 Å². The summed E-state index contributed by atoms with van der Waals surface area (Å²) in [6, 6.07) is 0. The minimum atomic E-state index is 0.00944. The van der Waals surface area contributed by atoms with E-state index in [2.05, 4.69) is 29.4 Å². The Morgan fingerprint density at radius 1 is 1.47 bits per heavy atom. The first-order valence-electron chi connectivity index (χ1n) is 6.34. The quantitative estimate of drug-likeness (QED) is 0.574. The maximum atomic E-state index is 11.6. The Bertz CT molecular complexity index is 406. The fraction of sp³-hybridized carbons (Fsp3) is 0.750. The molecule has 0 unspecified atom stereocenters. The highest BCUT2D eigenvalue weighted by Crippen LogP contribution is 2.19. The fourth-order valence-corrected chi connectivity index (χ4v) is 2.33. The lowest BCUT2D eigenvalue weighted by Gasteiger charge is -2.06. The van der Waals surface area contributed by atoms with Crippen LogP contribution in [0.15, 0.2) is 5.16 Å². The van der Waals surface area contributed by atoms with Gasteiger partial charge in [0.2, 0.25) is 5.91 Å². The van der Waals surface area contributed by atoms with E-state index in [1.165, 1.54) is 11.8 Å². The molecule has 0 saturated heterocycles. The van der Waals surface area contributed by atoms with Gasteiger partial charge in [-0.2, -0.15) is 0 Å². The highest BCUT2D eigenvalue weighted by Gasteiger charge is 2.13. The van der Waals surface area contributed by atoms with Crippen LogP contribution in [-0.4, -0.2) is 46.7 Å². The molecule has 0 atom stereocenters. The lowest BCUT2D eigenvalue weighted by molar-refractivity contribution is -0.118. The van der Waals surface area contributed by atoms with Gasteiger partial charge in [-0.05, 0) is 6.42 Å². The van der Waals surface area contributed by atoms with Gasteiger partial charge in [0.05, 0.1) is 5.75 Å². The molecular formula is C12H22N4O2S. The third kappa shape index (κ3) is 5.20. The Balaban J connectivity index is 2.34. The van der Waals surface area contributed by atoms with Crippen molar-refractivity contribution in [3.8, 4) is 0 Å². The molecule has 108 valence electrons. The van der Waals surface area contributed by atoms with E-state index in [1.54, 1.807) is 7.11 Å². The van der Waals surface area contributed by atoms with Crippen molar-refractivity contribution in [1.29, 1.82) is 0 Å². The SMILES string of the molecule is COCCCNC(=O)CSc1nnc(C(C)C)n1C. The van der Waals surface area contributed by atoms with Crippen molar-refractivity contribution >= 4 is 17.7 Å². The summed E-state index contributed by atoms with van der Waals surface area (Å²) < 4.78 is 6.85. The zero-order valence-corrected chi connectivity index (χ0v) is 12.8. The van der Waals surface area contributed by atoms with Crippen LogP contribution in [0.4, 0.5) is 0 Å². The average Bonchev–Trinajstić information content (AvgIpc) is 2.74. The van der Waals surface area contributed by atoms with E-state index >= 15 is 0 Å². The number of nitrogens with zero attached hydrogens (tertiary/aromatic N) is 3. The molecule has 0 fully saturated rings. The van der Waals surface area contributed by atoms with Crippen molar-refractivity contribution in [2.24, 2.45) is 7.05 Å². The van der Waals surface area contributed by atoms with Crippen molar-refractivity contribution in [2.45, 2.75) is 31.3 Å². The van der Waals surface area contributed by atoms with Crippen LogP contribution in [0.2, 0.25) is 0 Å². The molecule has 0 radical (unpaired) electrons. The van der Waals surface area contributed by atoms with Gasteiger partial charge < -0.3 is 14.6 Å². The number of hydrogen-bond donors (Lipinski definition) is 1. The average molecular weight is 286 g/mol. The first kappa shape index (κ1) is 16.0. The predicted molar refractivity (Wildman–Crippen MR) is 75.3 cm³/mol. The number of methoxy groups -OCH3 is 1. The Labute approximate surface area is 118 Å². The second-order valence-electron chi connectivity index (χ2n) is 4.54. The van der Waals surface area contributed by atoms with E-state index in [4.69, 9.17) is 4.74 Å². The van der Waals surface area contributed by atoms with Crippen molar-refractivity contribution in [3.05, 3.63) is 5.82 Å². The minimum absolute atomic E-state index is 0.00944. The molecule has 0 bridgehead atoms. The lowest BCUT2D eigenvalue weighted by Crippen LogP contribution is -2.26. The second-order valence-corrected chi connectivity index (χ2v) is 5.48. The summed E-state index contributed by atoms with van der Waals surface area (Å²) in [5.41, 5.74) is 0. The Hall–Kier alpha value is -1.08. The molecule has 1 aromatic heterocycles. The number of carbonyl (C=O) groups excluding carboxylic acids is 1. The summed E-state index contributed by atoms with van der Waals surface area (Å²) in [5, 5.41) is 11.8. The largest absolute Gasteiger partial charge is 0.385 e. The number of hydrogen-bond acceptors (Lipinski definition) is 5. The van der Waals surface area contributed by atoms with Crippen molar-refractivity contribution in [2.75, 3.05) is 26.0 Å². The monoisotopic (exact) mass is 286 g/mol. The summed E-state index contributed by atoms with van der Waals surface area (Å²) in [5.74, 6) is 1.63. The molecule has 6 nitrogen and oxygen atoms in total. The van der Waals surface area contributed by atoms with Crippen molar-refractivity contribution in [1.82, 2.24) is 20.1 Å². The van der Waals surface area contributed by atoms with Gasteiger partial charge in [-0.25, -0.2) is 0 Å². The van der Waals surface area contributed by atoms with E-state index in [9.17, 15) is 4.79 Å². The first-order chi connectivity index (χ1) is 9.06. The Morgan fingerprint density at radius 3 is 2.79 bits per heavy atom. The van der Waals surface area contributed by atoms with Gasteiger partial charge >= 0.3 is 0 Å². The van der Waals surface area contributed by atoms with Crippen molar-refractivity contribution in [3.63, 3.8) is 0 Å². The molecule has 1 N–H and O–H groups in total. The summed E-state index contributed by atoms with van der Waals surface area (Å²) in [7, 11) is 3.58. The van der Waals surface area contributed by atoms with Gasteiger partial charge in [-0.1, -0.05) is 25.6 Å². The number of amides is 1. The number of rotatable bonds is 8.